The molecule has 0 N–H and O–H groups in total. The Balaban J connectivity index is 2.21. The van der Waals surface area contributed by atoms with Crippen molar-refractivity contribution >= 4 is 21.5 Å². The van der Waals surface area contributed by atoms with Crippen LogP contribution in [0.15, 0.2) is 18.2 Å². The van der Waals surface area contributed by atoms with Gasteiger partial charge in [-0.15, -0.1) is 0 Å². The average molecular weight is 300 g/mol. The number of nitrogens with zero attached hydrogens (tertiary/aromatic N) is 2. The third-order valence-corrected chi connectivity index (χ3v) is 4.69. The number of hydrogen-bond donors (Lipinski definition) is 0. The normalized spacial score (nSPS) is 17.2. The number of hydrogen-bond acceptors (Lipinski definition) is 4. The van der Waals surface area contributed by atoms with Crippen LogP contribution >= 0.6 is 0 Å². The summed E-state index contributed by atoms with van der Waals surface area (Å²) in [4.78, 5) is 13.5. The summed E-state index contributed by atoms with van der Waals surface area (Å²) >= 11 is 0. The summed E-state index contributed by atoms with van der Waals surface area (Å²) in [6.07, 6.45) is 1.18. The molecule has 0 amide bonds. The average Bonchev–Trinajstić information content (AvgIpc) is 2.37. The maximum Gasteiger partial charge on any atom is 0.211 e. The first kappa shape index (κ1) is 14.9. The molecule has 0 bridgehead atoms. The molecule has 1 aliphatic heterocycles. The summed E-state index contributed by atoms with van der Waals surface area (Å²) in [6, 6.07) is 4.10. The zero-order valence-electron chi connectivity index (χ0n) is 11.5. The van der Waals surface area contributed by atoms with Gasteiger partial charge in [-0.3, -0.25) is 4.79 Å². The molecule has 2 rings (SSSR count). The molecule has 7 heteroatoms. The molecule has 0 radical (unpaired) electrons. The molecule has 0 aromatic heterocycles. The molecule has 1 aromatic carbocycles. The second-order valence-corrected chi connectivity index (χ2v) is 6.85. The van der Waals surface area contributed by atoms with Gasteiger partial charge in [0.25, 0.3) is 0 Å². The Labute approximate surface area is 118 Å². The third kappa shape index (κ3) is 3.16. The lowest BCUT2D eigenvalue weighted by Gasteiger charge is -2.35. The van der Waals surface area contributed by atoms with Crippen LogP contribution in [0.4, 0.5) is 10.1 Å². The Hall–Kier alpha value is -1.47. The van der Waals surface area contributed by atoms with Crippen LogP contribution in [0.2, 0.25) is 0 Å². The number of ketones is 1. The molecule has 1 saturated heterocycles. The summed E-state index contributed by atoms with van der Waals surface area (Å²) in [6.45, 7) is 3.10. The molecule has 0 aliphatic carbocycles. The van der Waals surface area contributed by atoms with Crippen LogP contribution in [-0.4, -0.2) is 50.9 Å². The van der Waals surface area contributed by atoms with Gasteiger partial charge in [-0.05, 0) is 25.1 Å². The minimum absolute atomic E-state index is 0.204. The number of sulfonamides is 1. The highest BCUT2D eigenvalue weighted by Gasteiger charge is 2.25. The largest absolute Gasteiger partial charge is 0.368 e. The van der Waals surface area contributed by atoms with Crippen LogP contribution < -0.4 is 4.90 Å². The highest BCUT2D eigenvalue weighted by atomic mass is 32.2. The van der Waals surface area contributed by atoms with Crippen LogP contribution in [0, 0.1) is 5.82 Å². The minimum Gasteiger partial charge on any atom is -0.368 e. The first-order valence-corrected chi connectivity index (χ1v) is 8.14. The first-order valence-electron chi connectivity index (χ1n) is 6.29. The fraction of sp³-hybridized carbons (Fsp3) is 0.462. The van der Waals surface area contributed by atoms with Crippen LogP contribution in [0.1, 0.15) is 17.3 Å². The van der Waals surface area contributed by atoms with Gasteiger partial charge in [0.05, 0.1) is 6.26 Å². The third-order valence-electron chi connectivity index (χ3n) is 3.39. The van der Waals surface area contributed by atoms with E-state index in [4.69, 9.17) is 0 Å². The molecule has 0 unspecified atom stereocenters. The number of rotatable bonds is 3. The van der Waals surface area contributed by atoms with E-state index >= 15 is 0 Å². The second-order valence-electron chi connectivity index (χ2n) is 4.87. The summed E-state index contributed by atoms with van der Waals surface area (Å²) in [7, 11) is -3.18. The van der Waals surface area contributed by atoms with Crippen molar-refractivity contribution in [2.75, 3.05) is 37.3 Å². The monoisotopic (exact) mass is 300 g/mol. The summed E-state index contributed by atoms with van der Waals surface area (Å²) in [5.74, 6) is -0.654. The van der Waals surface area contributed by atoms with Crippen LogP contribution in [-0.2, 0) is 10.0 Å². The molecule has 1 aliphatic rings. The molecule has 1 aromatic rings. The van der Waals surface area contributed by atoms with Gasteiger partial charge in [0.2, 0.25) is 10.0 Å². The van der Waals surface area contributed by atoms with Crippen molar-refractivity contribution in [3.8, 4) is 0 Å². The molecule has 0 atom stereocenters. The maximum absolute atomic E-state index is 13.2. The van der Waals surface area contributed by atoms with E-state index in [0.29, 0.717) is 37.4 Å². The standard InChI is InChI=1S/C13H17FN2O3S/c1-10(17)12-9-11(14)3-4-13(12)15-5-7-16(8-6-15)20(2,18)19/h3-4,9H,5-8H2,1-2H3. The summed E-state index contributed by atoms with van der Waals surface area (Å²) in [5.41, 5.74) is 0.991. The molecule has 20 heavy (non-hydrogen) atoms. The first-order chi connectivity index (χ1) is 9.29. The zero-order chi connectivity index (χ0) is 14.9. The number of halogens is 1. The molecule has 0 saturated carbocycles. The maximum atomic E-state index is 13.2. The summed E-state index contributed by atoms with van der Waals surface area (Å²) in [5, 5.41) is 0. The predicted molar refractivity (Wildman–Crippen MR) is 75.0 cm³/mol. The van der Waals surface area contributed by atoms with Crippen molar-refractivity contribution in [3.05, 3.63) is 29.6 Å². The molecule has 5 nitrogen and oxygen atoms in total. The molecule has 110 valence electrons. The van der Waals surface area contributed by atoms with Gasteiger partial charge in [0.1, 0.15) is 5.82 Å². The van der Waals surface area contributed by atoms with Crippen molar-refractivity contribution < 1.29 is 17.6 Å². The Morgan fingerprint density at radius 1 is 1.20 bits per heavy atom. The Morgan fingerprint density at radius 2 is 1.80 bits per heavy atom. The topological polar surface area (TPSA) is 57.7 Å². The highest BCUT2D eigenvalue weighted by molar-refractivity contribution is 7.88. The van der Waals surface area contributed by atoms with Gasteiger partial charge in [-0.2, -0.15) is 4.31 Å². The molecule has 1 heterocycles. The van der Waals surface area contributed by atoms with Crippen molar-refractivity contribution in [1.29, 1.82) is 0 Å². The van der Waals surface area contributed by atoms with E-state index in [1.807, 2.05) is 4.90 Å². The lowest BCUT2D eigenvalue weighted by molar-refractivity contribution is 0.101. The number of carbonyl (C=O) groups excluding carboxylic acids is 1. The molecular weight excluding hydrogens is 283 g/mol. The van der Waals surface area contributed by atoms with Crippen LogP contribution in [0.3, 0.4) is 0 Å². The van der Waals surface area contributed by atoms with Gasteiger partial charge in [0, 0.05) is 37.4 Å². The van der Waals surface area contributed by atoms with Crippen LogP contribution in [0.5, 0.6) is 0 Å². The van der Waals surface area contributed by atoms with E-state index in [1.165, 1.54) is 29.6 Å². The fourth-order valence-corrected chi connectivity index (χ4v) is 3.15. The van der Waals surface area contributed by atoms with Crippen molar-refractivity contribution in [3.63, 3.8) is 0 Å². The van der Waals surface area contributed by atoms with E-state index in [1.54, 1.807) is 6.07 Å². The fourth-order valence-electron chi connectivity index (χ4n) is 2.33. The van der Waals surface area contributed by atoms with Gasteiger partial charge >= 0.3 is 0 Å². The van der Waals surface area contributed by atoms with E-state index in [9.17, 15) is 17.6 Å². The lowest BCUT2D eigenvalue weighted by Crippen LogP contribution is -2.48. The second kappa shape index (κ2) is 5.49. The number of benzene rings is 1. The molecular formula is C13H17FN2O3S. The minimum atomic E-state index is -3.18. The van der Waals surface area contributed by atoms with Gasteiger partial charge in [-0.25, -0.2) is 12.8 Å². The SMILES string of the molecule is CC(=O)c1cc(F)ccc1N1CCN(S(C)(=O)=O)CC1. The van der Waals surface area contributed by atoms with E-state index in [0.717, 1.165) is 0 Å². The van der Waals surface area contributed by atoms with Gasteiger partial charge in [0.15, 0.2) is 5.78 Å². The lowest BCUT2D eigenvalue weighted by atomic mass is 10.1. The smallest absolute Gasteiger partial charge is 0.211 e. The van der Waals surface area contributed by atoms with Crippen molar-refractivity contribution in [1.82, 2.24) is 4.31 Å². The Bertz CT molecular complexity index is 623. The Morgan fingerprint density at radius 3 is 2.30 bits per heavy atom. The van der Waals surface area contributed by atoms with E-state index < -0.39 is 15.8 Å². The highest BCUT2D eigenvalue weighted by Crippen LogP contribution is 2.24. The van der Waals surface area contributed by atoms with Crippen molar-refractivity contribution in [2.24, 2.45) is 0 Å². The number of anilines is 1. The van der Waals surface area contributed by atoms with E-state index in [2.05, 4.69) is 0 Å². The van der Waals surface area contributed by atoms with E-state index in [-0.39, 0.29) is 5.78 Å². The predicted octanol–water partition coefficient (Wildman–Crippen LogP) is 1.11. The quantitative estimate of drug-likeness (QED) is 0.785. The number of carbonyl (C=O) groups is 1. The number of piperazine rings is 1. The van der Waals surface area contributed by atoms with Gasteiger partial charge < -0.3 is 4.90 Å². The molecule has 1 fully saturated rings. The summed E-state index contributed by atoms with van der Waals surface area (Å²) < 4.78 is 37.5. The number of Topliss-reactive ketones (excluding diaryl/α,β-unsaturated/α-hetero) is 1. The van der Waals surface area contributed by atoms with Crippen LogP contribution in [0.25, 0.3) is 0 Å². The van der Waals surface area contributed by atoms with Crippen molar-refractivity contribution in [2.45, 2.75) is 6.92 Å². The van der Waals surface area contributed by atoms with Gasteiger partial charge in [-0.1, -0.05) is 0 Å². The molecule has 0 spiro atoms. The zero-order valence-corrected chi connectivity index (χ0v) is 12.3. The Kier molecular flexibility index (Phi) is 4.10.